The minimum Gasteiger partial charge on any atom is -0.493 e. The van der Waals surface area contributed by atoms with Crippen molar-refractivity contribution in [3.63, 3.8) is 0 Å². The third-order valence-corrected chi connectivity index (χ3v) is 7.57. The van der Waals surface area contributed by atoms with Gasteiger partial charge in [0.25, 0.3) is 11.1 Å². The Labute approximate surface area is 217 Å². The average molecular weight is 543 g/mol. The molecule has 2 aromatic carbocycles. The normalized spacial score (nSPS) is 11.5. The zero-order chi connectivity index (χ0) is 27.2. The molecule has 0 saturated heterocycles. The Bertz CT molecular complexity index is 1490. The van der Waals surface area contributed by atoms with E-state index in [1.165, 1.54) is 58.4 Å². The number of aromatic nitrogens is 2. The lowest BCUT2D eigenvalue weighted by Gasteiger charge is -2.09. The Hall–Kier alpha value is -4.28. The van der Waals surface area contributed by atoms with Crippen LogP contribution in [0.15, 0.2) is 53.2 Å². The number of sulfone groups is 1. The van der Waals surface area contributed by atoms with Crippen LogP contribution in [0, 0.1) is 11.3 Å². The van der Waals surface area contributed by atoms with Gasteiger partial charge in [-0.2, -0.15) is 14.6 Å². The van der Waals surface area contributed by atoms with Gasteiger partial charge in [0, 0.05) is 11.5 Å². The van der Waals surface area contributed by atoms with Crippen molar-refractivity contribution in [2.45, 2.75) is 24.3 Å². The van der Waals surface area contributed by atoms with E-state index in [2.05, 4.69) is 14.7 Å². The molecule has 0 atom stereocenters. The van der Waals surface area contributed by atoms with Crippen LogP contribution in [-0.4, -0.2) is 49.1 Å². The Balaban J connectivity index is 1.69. The van der Waals surface area contributed by atoms with Gasteiger partial charge in [-0.05, 0) is 55.8 Å². The predicted molar refractivity (Wildman–Crippen MR) is 135 cm³/mol. The molecule has 3 aromatic rings. The zero-order valence-corrected chi connectivity index (χ0v) is 21.8. The molecule has 0 fully saturated rings. The highest BCUT2D eigenvalue weighted by Crippen LogP contribution is 2.28. The van der Waals surface area contributed by atoms with E-state index < -0.39 is 27.0 Å². The summed E-state index contributed by atoms with van der Waals surface area (Å²) in [6, 6.07) is 12.5. The number of methoxy groups -OCH3 is 2. The van der Waals surface area contributed by atoms with Crippen molar-refractivity contribution in [3.05, 3.63) is 59.2 Å². The van der Waals surface area contributed by atoms with E-state index in [1.807, 2.05) is 0 Å². The Morgan fingerprint density at radius 2 is 1.76 bits per heavy atom. The van der Waals surface area contributed by atoms with Gasteiger partial charge in [0.05, 0.1) is 25.0 Å². The first-order valence-corrected chi connectivity index (χ1v) is 13.0. The van der Waals surface area contributed by atoms with Gasteiger partial charge in [-0.1, -0.05) is 12.1 Å². The first kappa shape index (κ1) is 27.3. The van der Waals surface area contributed by atoms with Crippen molar-refractivity contribution in [3.8, 4) is 23.3 Å². The molecule has 0 saturated carbocycles. The Kier molecular flexibility index (Phi) is 8.59. The second-order valence-electron chi connectivity index (χ2n) is 7.63. The molecule has 1 amide bonds. The Morgan fingerprint density at radius 3 is 2.35 bits per heavy atom. The number of nitrogens with zero attached hydrogens (tertiary/aromatic N) is 3. The summed E-state index contributed by atoms with van der Waals surface area (Å²) < 4.78 is 43.8. The highest BCUT2D eigenvalue weighted by Gasteiger charge is 2.25. The van der Waals surface area contributed by atoms with Crippen molar-refractivity contribution in [1.29, 1.82) is 5.26 Å². The summed E-state index contributed by atoms with van der Waals surface area (Å²) in [5.74, 6) is -0.299. The highest BCUT2D eigenvalue weighted by atomic mass is 32.2. The molecule has 1 N–H and O–H groups in total. The van der Waals surface area contributed by atoms with Gasteiger partial charge in [-0.25, -0.2) is 13.2 Å². The van der Waals surface area contributed by atoms with Crippen LogP contribution in [0.2, 0.25) is 0 Å². The first-order valence-electron chi connectivity index (χ1n) is 10.6. The number of ether oxygens (including phenoxy) is 3. The zero-order valence-electron chi connectivity index (χ0n) is 20.2. The van der Waals surface area contributed by atoms with Gasteiger partial charge in [0.15, 0.2) is 11.5 Å². The summed E-state index contributed by atoms with van der Waals surface area (Å²) in [6.07, 6.45) is 1.32. The fourth-order valence-corrected chi connectivity index (χ4v) is 4.52. The van der Waals surface area contributed by atoms with E-state index >= 15 is 0 Å². The molecule has 3 rings (SSSR count). The minimum atomic E-state index is -3.69. The SMILES string of the molecule is COc1ccc(C(=O)Oc2ccc(/C=C(/C#N)C(=O)Nc3nc(S(=O)(=O)C(C)C)ns3)cc2)cc1OC. The van der Waals surface area contributed by atoms with Gasteiger partial charge >= 0.3 is 5.97 Å². The third kappa shape index (κ3) is 6.49. The average Bonchev–Trinajstić information content (AvgIpc) is 3.36. The number of carbonyl (C=O) groups is 2. The topological polar surface area (TPSA) is 158 Å². The largest absolute Gasteiger partial charge is 0.493 e. The maximum atomic E-state index is 12.5. The van der Waals surface area contributed by atoms with Crippen LogP contribution in [0.25, 0.3) is 6.08 Å². The predicted octanol–water partition coefficient (Wildman–Crippen LogP) is 3.50. The standard InChI is InChI=1S/C24H22N4O7S2/c1-14(2)37(31,32)24-27-23(36-28-24)26-21(29)17(13-25)11-15-5-8-18(9-6-15)35-22(30)16-7-10-19(33-3)20(12-16)34-4/h5-12,14H,1-4H3,(H,26,27,28,29)/b17-11-. The molecular formula is C24H22N4O7S2. The van der Waals surface area contributed by atoms with E-state index in [4.69, 9.17) is 14.2 Å². The number of esters is 1. The van der Waals surface area contributed by atoms with Crippen molar-refractivity contribution >= 4 is 44.5 Å². The summed E-state index contributed by atoms with van der Waals surface area (Å²) in [5.41, 5.74) is 0.489. The number of rotatable bonds is 9. The first-order chi connectivity index (χ1) is 17.6. The second kappa shape index (κ2) is 11.6. The van der Waals surface area contributed by atoms with Crippen LogP contribution in [0.5, 0.6) is 17.2 Å². The van der Waals surface area contributed by atoms with Gasteiger partial charge in [-0.15, -0.1) is 0 Å². The van der Waals surface area contributed by atoms with Gasteiger partial charge in [0.2, 0.25) is 15.0 Å². The van der Waals surface area contributed by atoms with Crippen LogP contribution in [-0.2, 0) is 14.6 Å². The molecule has 0 radical (unpaired) electrons. The number of amides is 1. The Morgan fingerprint density at radius 1 is 1.08 bits per heavy atom. The lowest BCUT2D eigenvalue weighted by Crippen LogP contribution is -2.16. The molecule has 0 aliphatic rings. The van der Waals surface area contributed by atoms with E-state index in [9.17, 15) is 23.3 Å². The van der Waals surface area contributed by atoms with Crippen LogP contribution >= 0.6 is 11.5 Å². The van der Waals surface area contributed by atoms with Crippen molar-refractivity contribution < 1.29 is 32.2 Å². The molecular weight excluding hydrogens is 520 g/mol. The fraction of sp³-hybridized carbons (Fsp3) is 0.208. The van der Waals surface area contributed by atoms with Gasteiger partial charge in [-0.3, -0.25) is 10.1 Å². The number of hydrogen-bond acceptors (Lipinski definition) is 11. The lowest BCUT2D eigenvalue weighted by atomic mass is 10.1. The van der Waals surface area contributed by atoms with Crippen LogP contribution < -0.4 is 19.5 Å². The maximum absolute atomic E-state index is 12.5. The molecule has 0 unspecified atom stereocenters. The number of nitrogens with one attached hydrogen (secondary N) is 1. The van der Waals surface area contributed by atoms with E-state index in [-0.39, 0.29) is 27.2 Å². The quantitative estimate of drug-likeness (QED) is 0.184. The molecule has 37 heavy (non-hydrogen) atoms. The number of carbonyl (C=O) groups excluding carboxylic acids is 2. The molecule has 13 heteroatoms. The summed E-state index contributed by atoms with van der Waals surface area (Å²) in [5, 5.41) is 10.6. The molecule has 11 nitrogen and oxygen atoms in total. The maximum Gasteiger partial charge on any atom is 0.343 e. The molecule has 0 aliphatic heterocycles. The number of nitriles is 1. The molecule has 0 aliphatic carbocycles. The molecule has 0 spiro atoms. The lowest BCUT2D eigenvalue weighted by molar-refractivity contribution is -0.112. The van der Waals surface area contributed by atoms with E-state index in [0.29, 0.717) is 28.6 Å². The van der Waals surface area contributed by atoms with E-state index in [1.54, 1.807) is 24.3 Å². The summed E-state index contributed by atoms with van der Waals surface area (Å²) in [4.78, 5) is 28.8. The molecule has 0 bridgehead atoms. The van der Waals surface area contributed by atoms with E-state index in [0.717, 1.165) is 0 Å². The second-order valence-corrected chi connectivity index (χ2v) is 10.8. The number of hydrogen-bond donors (Lipinski definition) is 1. The molecule has 192 valence electrons. The van der Waals surface area contributed by atoms with Crippen molar-refractivity contribution in [2.24, 2.45) is 0 Å². The smallest absolute Gasteiger partial charge is 0.343 e. The van der Waals surface area contributed by atoms with Crippen molar-refractivity contribution in [2.75, 3.05) is 19.5 Å². The van der Waals surface area contributed by atoms with Crippen LogP contribution in [0.3, 0.4) is 0 Å². The van der Waals surface area contributed by atoms with Crippen molar-refractivity contribution in [1.82, 2.24) is 9.36 Å². The third-order valence-electron chi connectivity index (χ3n) is 4.89. The summed E-state index contributed by atoms with van der Waals surface area (Å²) in [7, 11) is -0.752. The molecule has 1 heterocycles. The number of anilines is 1. The summed E-state index contributed by atoms with van der Waals surface area (Å²) >= 11 is 0.694. The molecule has 1 aromatic heterocycles. The fourth-order valence-electron chi connectivity index (χ4n) is 2.83. The summed E-state index contributed by atoms with van der Waals surface area (Å²) in [6.45, 7) is 2.99. The van der Waals surface area contributed by atoms with Gasteiger partial charge < -0.3 is 14.2 Å². The highest BCUT2D eigenvalue weighted by molar-refractivity contribution is 7.91. The minimum absolute atomic E-state index is 0.0530. The van der Waals surface area contributed by atoms with Crippen LogP contribution in [0.4, 0.5) is 5.13 Å². The number of benzene rings is 2. The van der Waals surface area contributed by atoms with Gasteiger partial charge in [0.1, 0.15) is 17.4 Å². The monoisotopic (exact) mass is 542 g/mol. The van der Waals surface area contributed by atoms with Crippen LogP contribution in [0.1, 0.15) is 29.8 Å².